The molecule has 1 fully saturated rings. The van der Waals surface area contributed by atoms with E-state index in [0.717, 1.165) is 122 Å². The largest absolute Gasteiger partial charge is 0.457 e. The van der Waals surface area contributed by atoms with E-state index in [4.69, 9.17) is 18.9 Å². The predicted molar refractivity (Wildman–Crippen MR) is 257 cm³/mol. The van der Waals surface area contributed by atoms with Gasteiger partial charge in [-0.2, -0.15) is 8.42 Å². The number of ether oxygens (including phenoxy) is 4. The molecule has 0 bridgehead atoms. The van der Waals surface area contributed by atoms with Crippen molar-refractivity contribution in [1.82, 2.24) is 0 Å². The number of aliphatic hydroxyl groups excluding tert-OH is 3. The first-order valence-corrected chi connectivity index (χ1v) is 25.4. The van der Waals surface area contributed by atoms with Gasteiger partial charge in [0.1, 0.15) is 30.5 Å². The van der Waals surface area contributed by atoms with Crippen LogP contribution < -0.4 is 0 Å². The van der Waals surface area contributed by atoms with Crippen molar-refractivity contribution >= 4 is 16.4 Å². The Morgan fingerprint density at radius 2 is 1.03 bits per heavy atom. The van der Waals surface area contributed by atoms with Gasteiger partial charge in [-0.25, -0.2) is 4.18 Å². The highest BCUT2D eigenvalue weighted by molar-refractivity contribution is 7.80. The first-order chi connectivity index (χ1) is 31.1. The molecule has 0 aromatic rings. The van der Waals surface area contributed by atoms with Crippen LogP contribution >= 0.6 is 0 Å². The van der Waals surface area contributed by atoms with Gasteiger partial charge in [0, 0.05) is 13.0 Å². The minimum Gasteiger partial charge on any atom is -0.457 e. The van der Waals surface area contributed by atoms with Crippen molar-refractivity contribution in [2.75, 3.05) is 26.4 Å². The Morgan fingerprint density at radius 3 is 1.50 bits per heavy atom. The van der Waals surface area contributed by atoms with Gasteiger partial charge in [0.05, 0.1) is 19.8 Å². The van der Waals surface area contributed by atoms with Gasteiger partial charge in [-0.3, -0.25) is 9.35 Å². The number of hydrogen-bond acceptors (Lipinski definition) is 11. The maximum atomic E-state index is 12.9. The topological polar surface area (TPSA) is 178 Å². The number of unbranched alkanes of at least 4 members (excludes halogenated alkanes) is 11. The second-order valence-corrected chi connectivity index (χ2v) is 17.0. The Bertz CT molecular complexity index is 1480. The van der Waals surface area contributed by atoms with Gasteiger partial charge in [-0.1, -0.05) is 156 Å². The minimum atomic E-state index is -5.07. The quantitative estimate of drug-likeness (QED) is 0.0198. The van der Waals surface area contributed by atoms with E-state index in [-0.39, 0.29) is 19.6 Å². The second-order valence-electron chi connectivity index (χ2n) is 15.9. The number of allylic oxidation sites excluding steroid dienone is 16. The number of carbonyl (C=O) groups is 1. The lowest BCUT2D eigenvalue weighted by Crippen LogP contribution is -2.60. The summed E-state index contributed by atoms with van der Waals surface area (Å²) in [5.74, 6) is -0.427. The smallest absolute Gasteiger partial charge is 0.397 e. The SMILES string of the molecule is CC/C=C\C/C=C\C/C=C\C/C=C\C/C=C\CCCCCCCC(=O)OC(COCCCCCCCC/C=C\C/C=C\C/C=C\CC)COC1OC(CO)C(O)C(OS(=O)(=O)O)C1O. The van der Waals surface area contributed by atoms with Crippen molar-refractivity contribution in [2.45, 2.75) is 192 Å². The molecule has 0 spiro atoms. The molecule has 0 aliphatic carbocycles. The van der Waals surface area contributed by atoms with Crippen LogP contribution in [0.1, 0.15) is 155 Å². The number of esters is 1. The Labute approximate surface area is 386 Å². The van der Waals surface area contributed by atoms with E-state index in [2.05, 4.69) is 115 Å². The van der Waals surface area contributed by atoms with Gasteiger partial charge >= 0.3 is 16.4 Å². The Morgan fingerprint density at radius 1 is 0.594 bits per heavy atom. The van der Waals surface area contributed by atoms with Crippen LogP contribution in [0.15, 0.2) is 97.2 Å². The fraction of sp³-hybridized carbons (Fsp3) is 0.667. The molecule has 0 aromatic carbocycles. The van der Waals surface area contributed by atoms with Crippen molar-refractivity contribution < 1.29 is 56.2 Å². The van der Waals surface area contributed by atoms with E-state index in [1.807, 2.05) is 0 Å². The monoisotopic (exact) mass is 921 g/mol. The molecule has 6 atom stereocenters. The molecule has 1 aliphatic heterocycles. The van der Waals surface area contributed by atoms with Crippen LogP contribution in [0.4, 0.5) is 0 Å². The molecule has 0 radical (unpaired) electrons. The summed E-state index contributed by atoms with van der Waals surface area (Å²) in [5.41, 5.74) is 0. The highest BCUT2D eigenvalue weighted by Gasteiger charge is 2.48. The van der Waals surface area contributed by atoms with Gasteiger partial charge in [-0.05, 0) is 89.9 Å². The highest BCUT2D eigenvalue weighted by atomic mass is 32.3. The van der Waals surface area contributed by atoms with Crippen LogP contribution in [-0.4, -0.2) is 97.5 Å². The fourth-order valence-corrected chi connectivity index (χ4v) is 7.16. The van der Waals surface area contributed by atoms with Gasteiger partial charge in [0.2, 0.25) is 0 Å². The van der Waals surface area contributed by atoms with Gasteiger partial charge in [-0.15, -0.1) is 0 Å². The van der Waals surface area contributed by atoms with E-state index < -0.39 is 59.8 Å². The zero-order chi connectivity index (χ0) is 46.8. The lowest BCUT2D eigenvalue weighted by Gasteiger charge is -2.41. The van der Waals surface area contributed by atoms with Crippen molar-refractivity contribution in [2.24, 2.45) is 0 Å². The summed E-state index contributed by atoms with van der Waals surface area (Å²) in [5, 5.41) is 30.7. The summed E-state index contributed by atoms with van der Waals surface area (Å²) >= 11 is 0. The minimum absolute atomic E-state index is 0.0122. The molecule has 6 unspecified atom stereocenters. The molecule has 1 heterocycles. The van der Waals surface area contributed by atoms with Crippen LogP contribution in [0.3, 0.4) is 0 Å². The van der Waals surface area contributed by atoms with E-state index in [1.165, 1.54) is 6.42 Å². The molecule has 64 heavy (non-hydrogen) atoms. The molecule has 13 heteroatoms. The predicted octanol–water partition coefficient (Wildman–Crippen LogP) is 10.6. The summed E-state index contributed by atoms with van der Waals surface area (Å²) in [6.45, 7) is 3.69. The standard InChI is InChI=1S/C51H84O12S/c1-3-5-7-9-11-13-15-17-19-21-22-23-24-25-26-28-30-32-34-36-38-40-47(53)61-45(44-60-51-49(55)50(63-64(56,57)58)48(54)46(42-52)62-51)43-59-41-39-37-35-33-31-29-27-20-18-16-14-12-10-8-6-4-2/h5-8,11-14,17-20,22-23,25-26,45-46,48-52,54-55H,3-4,9-10,15-16,21,24,27-44H2,1-2H3,(H,56,57,58)/b7-5-,8-6-,13-11-,14-12-,19-17-,20-18-,23-22-,26-25-. The number of carbonyl (C=O) groups excluding carboxylic acids is 1. The molecule has 0 aromatic heterocycles. The lowest BCUT2D eigenvalue weighted by atomic mass is 9.99. The molecule has 1 rings (SSSR count). The number of hydrogen-bond donors (Lipinski definition) is 4. The number of rotatable bonds is 40. The average molecular weight is 921 g/mol. The third kappa shape index (κ3) is 34.4. The van der Waals surface area contributed by atoms with Crippen LogP contribution in [0.2, 0.25) is 0 Å². The van der Waals surface area contributed by atoms with E-state index in [9.17, 15) is 33.1 Å². The summed E-state index contributed by atoms with van der Waals surface area (Å²) in [7, 11) is -5.07. The summed E-state index contributed by atoms with van der Waals surface area (Å²) in [6.07, 6.45) is 47.2. The molecule has 12 nitrogen and oxygen atoms in total. The lowest BCUT2D eigenvalue weighted by molar-refractivity contribution is -0.301. The first kappa shape index (κ1) is 59.0. The third-order valence-electron chi connectivity index (χ3n) is 10.2. The molecular weight excluding hydrogens is 837 g/mol. The van der Waals surface area contributed by atoms with Gasteiger partial charge < -0.3 is 34.3 Å². The maximum Gasteiger partial charge on any atom is 0.397 e. The molecule has 0 saturated carbocycles. The zero-order valence-corrected chi connectivity index (χ0v) is 39.9. The second kappa shape index (κ2) is 41.5. The molecular formula is C51H84O12S. The molecule has 0 amide bonds. The molecule has 1 aliphatic rings. The fourth-order valence-electron chi connectivity index (χ4n) is 6.65. The molecule has 1 saturated heterocycles. The molecule has 4 N–H and O–H groups in total. The highest BCUT2D eigenvalue weighted by Crippen LogP contribution is 2.26. The zero-order valence-electron chi connectivity index (χ0n) is 39.0. The van der Waals surface area contributed by atoms with E-state index >= 15 is 0 Å². The van der Waals surface area contributed by atoms with Gasteiger partial charge in [0.25, 0.3) is 0 Å². The van der Waals surface area contributed by atoms with E-state index in [0.29, 0.717) is 13.0 Å². The normalized spacial score (nSPS) is 20.6. The molecule has 366 valence electrons. The Balaban J connectivity index is 2.43. The van der Waals surface area contributed by atoms with Crippen LogP contribution in [0.5, 0.6) is 0 Å². The third-order valence-corrected chi connectivity index (χ3v) is 10.7. The summed E-state index contributed by atoms with van der Waals surface area (Å²) < 4.78 is 59.1. The Kier molecular flexibility index (Phi) is 38.2. The van der Waals surface area contributed by atoms with Crippen LogP contribution in [-0.2, 0) is 38.3 Å². The number of aliphatic hydroxyl groups is 3. The summed E-state index contributed by atoms with van der Waals surface area (Å²) in [6, 6.07) is 0. The summed E-state index contributed by atoms with van der Waals surface area (Å²) in [4.78, 5) is 12.9. The van der Waals surface area contributed by atoms with Gasteiger partial charge in [0.15, 0.2) is 6.29 Å². The van der Waals surface area contributed by atoms with Crippen LogP contribution in [0.25, 0.3) is 0 Å². The van der Waals surface area contributed by atoms with Crippen LogP contribution in [0, 0.1) is 0 Å². The Hall–Kier alpha value is -2.98. The van der Waals surface area contributed by atoms with E-state index in [1.54, 1.807) is 0 Å². The van der Waals surface area contributed by atoms with Crippen molar-refractivity contribution in [3.05, 3.63) is 97.2 Å². The maximum absolute atomic E-state index is 12.9. The first-order valence-electron chi connectivity index (χ1n) is 24.0. The average Bonchev–Trinajstić information content (AvgIpc) is 3.27. The van der Waals surface area contributed by atoms with Crippen molar-refractivity contribution in [3.8, 4) is 0 Å². The van der Waals surface area contributed by atoms with Crippen molar-refractivity contribution in [3.63, 3.8) is 0 Å². The van der Waals surface area contributed by atoms with Crippen molar-refractivity contribution in [1.29, 1.82) is 0 Å².